The first-order valence-electron chi connectivity index (χ1n) is 10.6. The zero-order valence-electron chi connectivity index (χ0n) is 17.3. The van der Waals surface area contributed by atoms with Crippen LogP contribution in [-0.4, -0.2) is 11.8 Å². The first-order valence-corrected chi connectivity index (χ1v) is 10.6. The highest BCUT2D eigenvalue weighted by atomic mass is 16.2. The molecule has 2 amide bonds. The molecule has 1 heterocycles. The zero-order chi connectivity index (χ0) is 20.8. The summed E-state index contributed by atoms with van der Waals surface area (Å²) in [5.41, 5.74) is 6.75. The monoisotopic (exact) mass is 393 g/mol. The van der Waals surface area contributed by atoms with E-state index in [0.717, 1.165) is 16.8 Å². The number of imide groups is 1. The van der Waals surface area contributed by atoms with Crippen LogP contribution in [0.5, 0.6) is 0 Å². The van der Waals surface area contributed by atoms with Crippen LogP contribution in [0.1, 0.15) is 52.1 Å². The highest BCUT2D eigenvalue weighted by molar-refractivity contribution is 6.25. The third kappa shape index (κ3) is 1.91. The number of rotatable bonds is 1. The molecule has 0 radical (unpaired) electrons. The lowest BCUT2D eigenvalue weighted by molar-refractivity contribution is -0.128. The summed E-state index contributed by atoms with van der Waals surface area (Å²) in [7, 11) is 0. The minimum absolute atomic E-state index is 0.0600. The summed E-state index contributed by atoms with van der Waals surface area (Å²) < 4.78 is 0. The van der Waals surface area contributed by atoms with Crippen LogP contribution in [0.25, 0.3) is 0 Å². The molecule has 7 rings (SSSR count). The first-order chi connectivity index (χ1) is 14.4. The van der Waals surface area contributed by atoms with Gasteiger partial charge in [-0.3, -0.25) is 9.59 Å². The van der Waals surface area contributed by atoms with Crippen molar-refractivity contribution < 1.29 is 9.59 Å². The molecule has 3 heteroatoms. The van der Waals surface area contributed by atoms with Crippen LogP contribution in [0.15, 0.2) is 66.7 Å². The molecule has 3 aromatic carbocycles. The van der Waals surface area contributed by atoms with Gasteiger partial charge < -0.3 is 0 Å². The fourth-order valence-electron chi connectivity index (χ4n) is 6.30. The molecule has 0 spiro atoms. The number of hydrogen-bond acceptors (Lipinski definition) is 2. The molecular weight excluding hydrogens is 370 g/mol. The highest BCUT2D eigenvalue weighted by Crippen LogP contribution is 2.67. The number of hydrogen-bond donors (Lipinski definition) is 0. The molecule has 1 aliphatic heterocycles. The van der Waals surface area contributed by atoms with Crippen LogP contribution in [-0.2, 0) is 9.59 Å². The number of aryl methyl sites for hydroxylation is 2. The lowest BCUT2D eigenvalue weighted by Crippen LogP contribution is -2.49. The quantitative estimate of drug-likeness (QED) is 0.540. The Hall–Kier alpha value is -3.20. The second kappa shape index (κ2) is 5.69. The van der Waals surface area contributed by atoms with Crippen molar-refractivity contribution in [2.45, 2.75) is 32.6 Å². The Morgan fingerprint density at radius 1 is 0.800 bits per heavy atom. The minimum Gasteiger partial charge on any atom is -0.274 e. The fraction of sp³-hybridized carbons (Fsp3) is 0.259. The summed E-state index contributed by atoms with van der Waals surface area (Å²) >= 11 is 0. The summed E-state index contributed by atoms with van der Waals surface area (Å²) in [4.78, 5) is 29.5. The van der Waals surface area contributed by atoms with E-state index >= 15 is 0 Å². The molecule has 0 saturated carbocycles. The Morgan fingerprint density at radius 2 is 1.37 bits per heavy atom. The van der Waals surface area contributed by atoms with Gasteiger partial charge in [-0.1, -0.05) is 60.7 Å². The minimum atomic E-state index is -0.777. The molecule has 0 N–H and O–H groups in total. The van der Waals surface area contributed by atoms with Crippen LogP contribution in [0, 0.1) is 25.2 Å². The predicted molar refractivity (Wildman–Crippen MR) is 117 cm³/mol. The first kappa shape index (κ1) is 17.6. The average Bonchev–Trinajstić information content (AvgIpc) is 2.96. The van der Waals surface area contributed by atoms with Gasteiger partial charge in [0.1, 0.15) is 0 Å². The van der Waals surface area contributed by atoms with Crippen LogP contribution in [0.3, 0.4) is 0 Å². The molecule has 148 valence electrons. The van der Waals surface area contributed by atoms with E-state index in [-0.39, 0.29) is 29.6 Å². The summed E-state index contributed by atoms with van der Waals surface area (Å²) in [6, 6.07) is 22.7. The SMILES string of the molecule is Cc1ccc(C)c(N2C(=O)[C@H]3C4c5ccccc5C(c5ccccc54)[C@]3(C)C2=O)c1. The van der Waals surface area contributed by atoms with Crippen molar-refractivity contribution in [3.05, 3.63) is 100 Å². The van der Waals surface area contributed by atoms with Crippen molar-refractivity contribution in [2.24, 2.45) is 11.3 Å². The normalized spacial score (nSPS) is 28.4. The molecule has 3 aromatic rings. The summed E-state index contributed by atoms with van der Waals surface area (Å²) in [5, 5.41) is 0. The Bertz CT molecular complexity index is 1210. The maximum atomic E-state index is 14.1. The third-order valence-corrected chi connectivity index (χ3v) is 7.62. The molecule has 1 fully saturated rings. The van der Waals surface area contributed by atoms with Crippen molar-refractivity contribution in [3.63, 3.8) is 0 Å². The van der Waals surface area contributed by atoms with E-state index in [4.69, 9.17) is 0 Å². The van der Waals surface area contributed by atoms with Gasteiger partial charge in [-0.25, -0.2) is 4.90 Å². The van der Waals surface area contributed by atoms with Gasteiger partial charge in [-0.15, -0.1) is 0 Å². The summed E-state index contributed by atoms with van der Waals surface area (Å²) in [5.74, 6) is -0.689. The van der Waals surface area contributed by atoms with Crippen molar-refractivity contribution in [3.8, 4) is 0 Å². The molecule has 0 unspecified atom stereocenters. The molecule has 2 bridgehead atoms. The van der Waals surface area contributed by atoms with E-state index in [2.05, 4.69) is 24.3 Å². The van der Waals surface area contributed by atoms with Crippen molar-refractivity contribution in [2.75, 3.05) is 4.90 Å². The number of carbonyl (C=O) groups is 2. The Labute approximate surface area is 176 Å². The fourth-order valence-corrected chi connectivity index (χ4v) is 6.30. The zero-order valence-corrected chi connectivity index (χ0v) is 17.3. The second-order valence-corrected chi connectivity index (χ2v) is 9.20. The highest BCUT2D eigenvalue weighted by Gasteiger charge is 2.68. The Kier molecular flexibility index (Phi) is 3.35. The maximum Gasteiger partial charge on any atom is 0.241 e. The van der Waals surface area contributed by atoms with Gasteiger partial charge in [0.25, 0.3) is 0 Å². The van der Waals surface area contributed by atoms with Gasteiger partial charge in [0.05, 0.1) is 17.0 Å². The number of amides is 2. The lowest BCUT2D eigenvalue weighted by atomic mass is 9.48. The van der Waals surface area contributed by atoms with Gasteiger partial charge in [-0.2, -0.15) is 0 Å². The van der Waals surface area contributed by atoms with Gasteiger partial charge in [-0.05, 0) is 60.2 Å². The van der Waals surface area contributed by atoms with Crippen LogP contribution in [0.2, 0.25) is 0 Å². The van der Waals surface area contributed by atoms with Gasteiger partial charge in [0.15, 0.2) is 0 Å². The molecule has 4 aliphatic rings. The molecule has 30 heavy (non-hydrogen) atoms. The van der Waals surface area contributed by atoms with Crippen LogP contribution in [0.4, 0.5) is 5.69 Å². The van der Waals surface area contributed by atoms with Crippen molar-refractivity contribution >= 4 is 17.5 Å². The molecule has 1 saturated heterocycles. The lowest BCUT2D eigenvalue weighted by Gasteiger charge is -2.51. The summed E-state index contributed by atoms with van der Waals surface area (Å²) in [6.45, 7) is 5.99. The molecule has 2 atom stereocenters. The number of nitrogens with zero attached hydrogens (tertiary/aromatic N) is 1. The number of anilines is 1. The largest absolute Gasteiger partial charge is 0.274 e. The maximum absolute atomic E-state index is 14.1. The van der Waals surface area contributed by atoms with Gasteiger partial charge >= 0.3 is 0 Å². The third-order valence-electron chi connectivity index (χ3n) is 7.62. The predicted octanol–water partition coefficient (Wildman–Crippen LogP) is 5.09. The summed E-state index contributed by atoms with van der Waals surface area (Å²) in [6.07, 6.45) is 0. The van der Waals surface area contributed by atoms with Gasteiger partial charge in [0.2, 0.25) is 11.8 Å². The van der Waals surface area contributed by atoms with E-state index < -0.39 is 5.41 Å². The number of benzene rings is 3. The average molecular weight is 393 g/mol. The molecule has 3 nitrogen and oxygen atoms in total. The van der Waals surface area contributed by atoms with Crippen LogP contribution < -0.4 is 4.90 Å². The molecular formula is C27H23NO2. The smallest absolute Gasteiger partial charge is 0.241 e. The van der Waals surface area contributed by atoms with Crippen molar-refractivity contribution in [1.82, 2.24) is 0 Å². The Balaban J connectivity index is 1.63. The Morgan fingerprint density at radius 3 is 1.97 bits per heavy atom. The molecule has 3 aliphatic carbocycles. The standard InChI is InChI=1S/C27H23NO2/c1-15-12-13-16(2)21(14-15)28-25(29)24-22-17-8-4-6-10-19(17)23(27(24,3)26(28)30)20-11-7-5-9-18(20)22/h4-14,22-24H,1-3H3/t22?,23?,24-,27+/m1/s1. The van der Waals surface area contributed by atoms with E-state index in [1.165, 1.54) is 27.2 Å². The van der Waals surface area contributed by atoms with Gasteiger partial charge in [0, 0.05) is 11.8 Å². The van der Waals surface area contributed by atoms with E-state index in [0.29, 0.717) is 0 Å². The van der Waals surface area contributed by atoms with E-state index in [9.17, 15) is 9.59 Å². The molecule has 0 aromatic heterocycles. The number of carbonyl (C=O) groups excluding carboxylic acids is 2. The topological polar surface area (TPSA) is 37.4 Å². The van der Waals surface area contributed by atoms with Crippen LogP contribution >= 0.6 is 0 Å². The second-order valence-electron chi connectivity index (χ2n) is 9.20. The van der Waals surface area contributed by atoms with E-state index in [1.807, 2.05) is 63.2 Å². The van der Waals surface area contributed by atoms with E-state index in [1.54, 1.807) is 0 Å². The van der Waals surface area contributed by atoms with Crippen molar-refractivity contribution in [1.29, 1.82) is 0 Å².